The second-order valence-corrected chi connectivity index (χ2v) is 7.02. The third-order valence-electron chi connectivity index (χ3n) is 3.14. The summed E-state index contributed by atoms with van der Waals surface area (Å²) in [6.07, 6.45) is 0.807. The number of fused-ring (bicyclic) bond motifs is 1. The molecular formula is C15H17BrN2O3S. The summed E-state index contributed by atoms with van der Waals surface area (Å²) in [5, 5.41) is 0.686. The van der Waals surface area contributed by atoms with Gasteiger partial charge >= 0.3 is 5.97 Å². The van der Waals surface area contributed by atoms with Crippen molar-refractivity contribution in [1.82, 2.24) is 9.55 Å². The Balaban J connectivity index is 2.57. The van der Waals surface area contributed by atoms with E-state index in [0.717, 1.165) is 10.9 Å². The quantitative estimate of drug-likeness (QED) is 0.449. The molecule has 0 radical (unpaired) electrons. The van der Waals surface area contributed by atoms with Crippen molar-refractivity contribution in [3.05, 3.63) is 33.0 Å². The van der Waals surface area contributed by atoms with Gasteiger partial charge in [-0.25, -0.2) is 4.98 Å². The lowest BCUT2D eigenvalue weighted by Crippen LogP contribution is -2.25. The van der Waals surface area contributed by atoms with Gasteiger partial charge in [0.05, 0.1) is 18.0 Å². The van der Waals surface area contributed by atoms with Crippen molar-refractivity contribution in [3.63, 3.8) is 0 Å². The molecule has 7 heteroatoms. The molecule has 1 aromatic heterocycles. The minimum atomic E-state index is -0.423. The Kier molecular flexibility index (Phi) is 5.63. The highest BCUT2D eigenvalue weighted by atomic mass is 79.9. The molecule has 2 rings (SSSR count). The number of carbonyl (C=O) groups is 1. The van der Waals surface area contributed by atoms with Gasteiger partial charge in [0.15, 0.2) is 5.16 Å². The smallest absolute Gasteiger partial charge is 0.318 e. The fourth-order valence-electron chi connectivity index (χ4n) is 2.06. The maximum Gasteiger partial charge on any atom is 0.318 e. The maximum atomic E-state index is 12.7. The molecule has 2 aromatic rings. The van der Waals surface area contributed by atoms with Crippen LogP contribution in [-0.2, 0) is 16.1 Å². The topological polar surface area (TPSA) is 61.2 Å². The van der Waals surface area contributed by atoms with Gasteiger partial charge in [-0.05, 0) is 31.5 Å². The highest BCUT2D eigenvalue weighted by Crippen LogP contribution is 2.24. The van der Waals surface area contributed by atoms with E-state index in [9.17, 15) is 9.59 Å². The average Bonchev–Trinajstić information content (AvgIpc) is 2.51. The predicted molar refractivity (Wildman–Crippen MR) is 91.3 cm³/mol. The Morgan fingerprint density at radius 1 is 1.50 bits per heavy atom. The number of nitrogens with zero attached hydrogens (tertiary/aromatic N) is 2. The summed E-state index contributed by atoms with van der Waals surface area (Å²) >= 11 is 4.62. The normalized spacial score (nSPS) is 12.4. The second kappa shape index (κ2) is 7.28. The molecule has 0 N–H and O–H groups in total. The number of benzene rings is 1. The zero-order valence-corrected chi connectivity index (χ0v) is 15.0. The van der Waals surface area contributed by atoms with Gasteiger partial charge in [0.1, 0.15) is 5.25 Å². The van der Waals surface area contributed by atoms with Crippen molar-refractivity contribution in [2.75, 3.05) is 7.11 Å². The number of esters is 1. The first-order valence-electron chi connectivity index (χ1n) is 6.92. The van der Waals surface area contributed by atoms with E-state index < -0.39 is 5.25 Å². The number of thioether (sulfide) groups is 1. The summed E-state index contributed by atoms with van der Waals surface area (Å²) in [6, 6.07) is 5.41. The number of rotatable bonds is 5. The lowest BCUT2D eigenvalue weighted by atomic mass is 10.2. The van der Waals surface area contributed by atoms with Gasteiger partial charge < -0.3 is 4.74 Å². The SMILES string of the molecule is CCCn1c(SC(C)C(=O)OC)nc2ccc(Br)cc2c1=O. The molecule has 1 unspecified atom stereocenters. The molecule has 1 atom stereocenters. The number of hydrogen-bond acceptors (Lipinski definition) is 5. The molecule has 1 aromatic carbocycles. The van der Waals surface area contributed by atoms with Crippen LogP contribution in [0.15, 0.2) is 32.6 Å². The molecule has 0 spiro atoms. The van der Waals surface area contributed by atoms with E-state index in [1.165, 1.54) is 18.9 Å². The summed E-state index contributed by atoms with van der Waals surface area (Å²) in [5.41, 5.74) is 0.535. The van der Waals surface area contributed by atoms with Crippen molar-refractivity contribution < 1.29 is 9.53 Å². The largest absolute Gasteiger partial charge is 0.468 e. The predicted octanol–water partition coefficient (Wildman–Crippen LogP) is 3.22. The number of hydrogen-bond donors (Lipinski definition) is 0. The van der Waals surface area contributed by atoms with Crippen molar-refractivity contribution in [2.45, 2.75) is 37.2 Å². The summed E-state index contributed by atoms with van der Waals surface area (Å²) in [4.78, 5) is 28.8. The minimum absolute atomic E-state index is 0.0901. The fraction of sp³-hybridized carbons (Fsp3) is 0.400. The first-order chi connectivity index (χ1) is 10.5. The Labute approximate surface area is 141 Å². The first kappa shape index (κ1) is 17.0. The van der Waals surface area contributed by atoms with Gasteiger partial charge in [-0.3, -0.25) is 14.2 Å². The van der Waals surface area contributed by atoms with E-state index >= 15 is 0 Å². The van der Waals surface area contributed by atoms with Gasteiger partial charge in [0, 0.05) is 11.0 Å². The molecule has 0 aliphatic rings. The summed E-state index contributed by atoms with van der Waals surface area (Å²) in [6.45, 7) is 4.30. The molecule has 0 aliphatic heterocycles. The van der Waals surface area contributed by atoms with Crippen LogP contribution in [0.2, 0.25) is 0 Å². The second-order valence-electron chi connectivity index (χ2n) is 4.80. The third kappa shape index (κ3) is 3.52. The molecule has 0 bridgehead atoms. The molecule has 22 heavy (non-hydrogen) atoms. The highest BCUT2D eigenvalue weighted by Gasteiger charge is 2.19. The van der Waals surface area contributed by atoms with Gasteiger partial charge in [-0.2, -0.15) is 0 Å². The first-order valence-corrected chi connectivity index (χ1v) is 8.59. The van der Waals surface area contributed by atoms with Crippen LogP contribution in [0.5, 0.6) is 0 Å². The van der Waals surface area contributed by atoms with Crippen molar-refractivity contribution >= 4 is 44.6 Å². The molecule has 1 heterocycles. The van der Waals surface area contributed by atoms with Crippen molar-refractivity contribution in [2.24, 2.45) is 0 Å². The standard InChI is InChI=1S/C15H17BrN2O3S/c1-4-7-18-13(19)11-8-10(16)5-6-12(11)17-15(18)22-9(2)14(20)21-3/h5-6,8-9H,4,7H2,1-3H3. The van der Waals surface area contributed by atoms with Crippen molar-refractivity contribution in [1.29, 1.82) is 0 Å². The van der Waals surface area contributed by atoms with E-state index in [-0.39, 0.29) is 11.5 Å². The van der Waals surface area contributed by atoms with E-state index in [0.29, 0.717) is 22.6 Å². The zero-order chi connectivity index (χ0) is 16.3. The van der Waals surface area contributed by atoms with Gasteiger partial charge in [0.2, 0.25) is 0 Å². The Bertz CT molecular complexity index is 760. The van der Waals surface area contributed by atoms with E-state index in [2.05, 4.69) is 20.9 Å². The molecule has 0 aliphatic carbocycles. The summed E-state index contributed by atoms with van der Waals surface area (Å²) in [5.74, 6) is -0.335. The fourth-order valence-corrected chi connectivity index (χ4v) is 3.38. The van der Waals surface area contributed by atoms with Gasteiger partial charge in [-0.15, -0.1) is 0 Å². The van der Waals surface area contributed by atoms with Crippen LogP contribution in [0.25, 0.3) is 10.9 Å². The number of ether oxygens (including phenoxy) is 1. The van der Waals surface area contributed by atoms with Crippen LogP contribution in [-0.4, -0.2) is 27.9 Å². The van der Waals surface area contributed by atoms with Crippen LogP contribution in [0, 0.1) is 0 Å². The molecule has 5 nitrogen and oxygen atoms in total. The van der Waals surface area contributed by atoms with E-state index in [1.54, 1.807) is 23.6 Å². The Morgan fingerprint density at radius 2 is 2.23 bits per heavy atom. The Morgan fingerprint density at radius 3 is 2.86 bits per heavy atom. The number of aromatic nitrogens is 2. The third-order valence-corrected chi connectivity index (χ3v) is 4.71. The molecule has 0 saturated heterocycles. The number of halogens is 1. The molecule has 0 fully saturated rings. The van der Waals surface area contributed by atoms with Crippen LogP contribution in [0.4, 0.5) is 0 Å². The zero-order valence-electron chi connectivity index (χ0n) is 12.6. The van der Waals surface area contributed by atoms with Gasteiger partial charge in [0.25, 0.3) is 5.56 Å². The van der Waals surface area contributed by atoms with Crippen LogP contribution < -0.4 is 5.56 Å². The minimum Gasteiger partial charge on any atom is -0.468 e. The molecular weight excluding hydrogens is 368 g/mol. The van der Waals surface area contributed by atoms with Crippen LogP contribution in [0.3, 0.4) is 0 Å². The molecule has 118 valence electrons. The monoisotopic (exact) mass is 384 g/mol. The molecule has 0 amide bonds. The highest BCUT2D eigenvalue weighted by molar-refractivity contribution is 9.10. The lowest BCUT2D eigenvalue weighted by Gasteiger charge is -2.14. The van der Waals surface area contributed by atoms with Crippen LogP contribution in [0.1, 0.15) is 20.3 Å². The van der Waals surface area contributed by atoms with Gasteiger partial charge in [-0.1, -0.05) is 34.6 Å². The lowest BCUT2D eigenvalue weighted by molar-refractivity contribution is -0.139. The summed E-state index contributed by atoms with van der Waals surface area (Å²) < 4.78 is 7.20. The Hall–Kier alpha value is -1.34. The molecule has 0 saturated carbocycles. The van der Waals surface area contributed by atoms with Crippen LogP contribution >= 0.6 is 27.7 Å². The van der Waals surface area contributed by atoms with Crippen molar-refractivity contribution in [3.8, 4) is 0 Å². The van der Waals surface area contributed by atoms with E-state index in [4.69, 9.17) is 4.74 Å². The maximum absolute atomic E-state index is 12.7. The summed E-state index contributed by atoms with van der Waals surface area (Å²) in [7, 11) is 1.35. The number of carbonyl (C=O) groups excluding carboxylic acids is 1. The van der Waals surface area contributed by atoms with E-state index in [1.807, 2.05) is 13.0 Å². The number of methoxy groups -OCH3 is 1. The average molecular weight is 385 g/mol.